The number of hydrogen-bond donors (Lipinski definition) is 2. The van der Waals surface area contributed by atoms with Gasteiger partial charge in [-0.2, -0.15) is 0 Å². The fraction of sp³-hybridized carbons (Fsp3) is 0.462. The normalized spacial score (nSPS) is 11.6. The highest BCUT2D eigenvalue weighted by molar-refractivity contribution is 5.99. The highest BCUT2D eigenvalue weighted by Gasteiger charge is 2.21. The zero-order chi connectivity index (χ0) is 12.5. The molecule has 0 aliphatic carbocycles. The van der Waals surface area contributed by atoms with E-state index in [4.69, 9.17) is 5.73 Å². The van der Waals surface area contributed by atoms with Crippen molar-refractivity contribution in [2.45, 2.75) is 33.1 Å². The van der Waals surface area contributed by atoms with Gasteiger partial charge in [0.25, 0.3) is 0 Å². The van der Waals surface area contributed by atoms with Crippen molar-refractivity contribution in [3.05, 3.63) is 28.8 Å². The van der Waals surface area contributed by atoms with Crippen molar-refractivity contribution in [1.82, 2.24) is 0 Å². The number of ketones is 1. The Balaban J connectivity index is 3.39. The first-order chi connectivity index (χ1) is 7.27. The van der Waals surface area contributed by atoms with E-state index in [-0.39, 0.29) is 23.5 Å². The number of carbonyl (C=O) groups is 1. The van der Waals surface area contributed by atoms with Gasteiger partial charge in [-0.05, 0) is 35.6 Å². The van der Waals surface area contributed by atoms with Crippen molar-refractivity contribution in [3.8, 4) is 5.75 Å². The zero-order valence-corrected chi connectivity index (χ0v) is 10.3. The molecule has 0 fully saturated rings. The number of hydrogen-bond acceptors (Lipinski definition) is 3. The Kier molecular flexibility index (Phi) is 3.38. The third-order valence-electron chi connectivity index (χ3n) is 2.64. The second-order valence-electron chi connectivity index (χ2n) is 5.06. The summed E-state index contributed by atoms with van der Waals surface area (Å²) in [5.74, 6) is 0.140. The molecule has 0 aromatic heterocycles. The van der Waals surface area contributed by atoms with Crippen LogP contribution in [0.4, 0.5) is 0 Å². The lowest BCUT2D eigenvalue weighted by Gasteiger charge is -2.22. The van der Waals surface area contributed by atoms with Crippen LogP contribution < -0.4 is 5.73 Å². The van der Waals surface area contributed by atoms with Crippen molar-refractivity contribution in [3.63, 3.8) is 0 Å². The summed E-state index contributed by atoms with van der Waals surface area (Å²) in [6.45, 7) is 7.78. The van der Waals surface area contributed by atoms with Gasteiger partial charge in [0, 0.05) is 5.56 Å². The summed E-state index contributed by atoms with van der Waals surface area (Å²) in [5.41, 5.74) is 7.30. The number of phenols is 1. The number of aromatic hydroxyl groups is 1. The van der Waals surface area contributed by atoms with Gasteiger partial charge in [-0.3, -0.25) is 4.79 Å². The molecule has 0 unspecified atom stereocenters. The van der Waals surface area contributed by atoms with E-state index in [0.29, 0.717) is 5.56 Å². The molecule has 0 amide bonds. The van der Waals surface area contributed by atoms with Gasteiger partial charge >= 0.3 is 0 Å². The Bertz CT molecular complexity index is 417. The molecule has 0 saturated heterocycles. The highest BCUT2D eigenvalue weighted by atomic mass is 16.3. The molecular formula is C13H19NO2. The predicted molar refractivity (Wildman–Crippen MR) is 64.9 cm³/mol. The Morgan fingerprint density at radius 3 is 2.38 bits per heavy atom. The molecular weight excluding hydrogens is 202 g/mol. The minimum absolute atomic E-state index is 0.00476. The SMILES string of the molecule is Cc1cc(O)c(C(C)(C)C)cc1C(=O)CN. The molecule has 3 N–H and O–H groups in total. The molecule has 3 nitrogen and oxygen atoms in total. The average molecular weight is 221 g/mol. The third kappa shape index (κ3) is 2.42. The van der Waals surface area contributed by atoms with Crippen molar-refractivity contribution in [2.75, 3.05) is 6.54 Å². The van der Waals surface area contributed by atoms with Crippen molar-refractivity contribution < 1.29 is 9.90 Å². The quantitative estimate of drug-likeness (QED) is 0.752. The molecule has 0 bridgehead atoms. The van der Waals surface area contributed by atoms with Crippen LogP contribution in [0.15, 0.2) is 12.1 Å². The van der Waals surface area contributed by atoms with Gasteiger partial charge in [-0.1, -0.05) is 20.8 Å². The van der Waals surface area contributed by atoms with E-state index in [2.05, 4.69) is 0 Å². The lowest BCUT2D eigenvalue weighted by Crippen LogP contribution is -2.18. The first-order valence-corrected chi connectivity index (χ1v) is 5.34. The maximum Gasteiger partial charge on any atom is 0.176 e. The van der Waals surface area contributed by atoms with Crippen LogP contribution in [0.1, 0.15) is 42.3 Å². The van der Waals surface area contributed by atoms with Gasteiger partial charge in [-0.25, -0.2) is 0 Å². The van der Waals surface area contributed by atoms with Crippen LogP contribution in [0.3, 0.4) is 0 Å². The van der Waals surface area contributed by atoms with Gasteiger partial charge in [0.15, 0.2) is 5.78 Å². The molecule has 0 atom stereocenters. The topological polar surface area (TPSA) is 63.3 Å². The molecule has 3 heteroatoms. The number of Topliss-reactive ketones (excluding diaryl/α,β-unsaturated/α-hetero) is 1. The number of aryl methyl sites for hydroxylation is 1. The van der Waals surface area contributed by atoms with E-state index in [1.807, 2.05) is 20.8 Å². The van der Waals surface area contributed by atoms with Crippen LogP contribution in [0.2, 0.25) is 0 Å². The molecule has 0 spiro atoms. The first-order valence-electron chi connectivity index (χ1n) is 5.34. The summed E-state index contributed by atoms with van der Waals surface area (Å²) < 4.78 is 0. The van der Waals surface area contributed by atoms with Gasteiger partial charge in [0.05, 0.1) is 6.54 Å². The van der Waals surface area contributed by atoms with Crippen LogP contribution in [0.5, 0.6) is 5.75 Å². The maximum absolute atomic E-state index is 11.6. The summed E-state index contributed by atoms with van der Waals surface area (Å²) in [6, 6.07) is 3.38. The Morgan fingerprint density at radius 1 is 1.38 bits per heavy atom. The highest BCUT2D eigenvalue weighted by Crippen LogP contribution is 2.32. The van der Waals surface area contributed by atoms with Crippen LogP contribution >= 0.6 is 0 Å². The number of rotatable bonds is 2. The van der Waals surface area contributed by atoms with E-state index in [1.54, 1.807) is 19.1 Å². The van der Waals surface area contributed by atoms with Gasteiger partial charge < -0.3 is 10.8 Å². The number of benzene rings is 1. The smallest absolute Gasteiger partial charge is 0.176 e. The lowest BCUT2D eigenvalue weighted by atomic mass is 9.84. The number of phenolic OH excluding ortho intramolecular Hbond substituents is 1. The maximum atomic E-state index is 11.6. The summed E-state index contributed by atoms with van der Waals surface area (Å²) in [7, 11) is 0. The van der Waals surface area contributed by atoms with Crippen molar-refractivity contribution in [2.24, 2.45) is 5.73 Å². The lowest BCUT2D eigenvalue weighted by molar-refractivity contribution is 0.100. The molecule has 16 heavy (non-hydrogen) atoms. The average Bonchev–Trinajstić information content (AvgIpc) is 2.14. The van der Waals surface area contributed by atoms with Crippen molar-refractivity contribution in [1.29, 1.82) is 0 Å². The fourth-order valence-electron chi connectivity index (χ4n) is 1.70. The molecule has 0 aliphatic heterocycles. The van der Waals surface area contributed by atoms with Gasteiger partial charge in [0.1, 0.15) is 5.75 Å². The third-order valence-corrected chi connectivity index (χ3v) is 2.64. The monoisotopic (exact) mass is 221 g/mol. The first kappa shape index (κ1) is 12.7. The van der Waals surface area contributed by atoms with Gasteiger partial charge in [-0.15, -0.1) is 0 Å². The zero-order valence-electron chi connectivity index (χ0n) is 10.3. The molecule has 88 valence electrons. The largest absolute Gasteiger partial charge is 0.508 e. The van der Waals surface area contributed by atoms with E-state index >= 15 is 0 Å². The molecule has 0 saturated carbocycles. The summed E-state index contributed by atoms with van der Waals surface area (Å²) in [4.78, 5) is 11.6. The Labute approximate surface area is 96.3 Å². The van der Waals surface area contributed by atoms with Crippen LogP contribution in [-0.4, -0.2) is 17.4 Å². The standard InChI is InChI=1S/C13H19NO2/c1-8-5-11(15)10(13(2,3)4)6-9(8)12(16)7-14/h5-6,15H,7,14H2,1-4H3. The number of carbonyl (C=O) groups excluding carboxylic acids is 1. The molecule has 0 aliphatic rings. The number of nitrogens with two attached hydrogens (primary N) is 1. The van der Waals surface area contributed by atoms with Gasteiger partial charge in [0.2, 0.25) is 0 Å². The summed E-state index contributed by atoms with van der Waals surface area (Å²) >= 11 is 0. The Morgan fingerprint density at radius 2 is 1.94 bits per heavy atom. The van der Waals surface area contributed by atoms with E-state index < -0.39 is 0 Å². The Hall–Kier alpha value is -1.35. The van der Waals surface area contributed by atoms with Crippen LogP contribution in [0.25, 0.3) is 0 Å². The molecule has 0 radical (unpaired) electrons. The summed E-state index contributed by atoms with van der Waals surface area (Å²) in [6.07, 6.45) is 0. The molecule has 1 aromatic rings. The molecule has 1 aromatic carbocycles. The van der Waals surface area contributed by atoms with Crippen LogP contribution in [0, 0.1) is 6.92 Å². The molecule has 1 rings (SSSR count). The second-order valence-corrected chi connectivity index (χ2v) is 5.06. The van der Waals surface area contributed by atoms with E-state index in [9.17, 15) is 9.90 Å². The minimum Gasteiger partial charge on any atom is -0.508 e. The van der Waals surface area contributed by atoms with E-state index in [0.717, 1.165) is 11.1 Å². The summed E-state index contributed by atoms with van der Waals surface area (Å²) in [5, 5.41) is 9.86. The predicted octanol–water partition coefficient (Wildman–Crippen LogP) is 2.14. The molecule has 0 heterocycles. The fourth-order valence-corrected chi connectivity index (χ4v) is 1.70. The van der Waals surface area contributed by atoms with Crippen molar-refractivity contribution >= 4 is 5.78 Å². The van der Waals surface area contributed by atoms with E-state index in [1.165, 1.54) is 0 Å². The minimum atomic E-state index is -0.193. The second kappa shape index (κ2) is 4.26. The van der Waals surface area contributed by atoms with Crippen LogP contribution in [-0.2, 0) is 5.41 Å².